The van der Waals surface area contributed by atoms with Crippen molar-refractivity contribution < 1.29 is 4.92 Å². The predicted molar refractivity (Wildman–Crippen MR) is 53.5 cm³/mol. The van der Waals surface area contributed by atoms with Crippen molar-refractivity contribution >= 4 is 17.3 Å². The summed E-state index contributed by atoms with van der Waals surface area (Å²) in [5.74, 6) is 0.666. The lowest BCUT2D eigenvalue weighted by atomic mass is 10.2. The summed E-state index contributed by atoms with van der Waals surface area (Å²) in [4.78, 5) is 9.88. The number of hydrogen-bond acceptors (Lipinski definition) is 3. The number of hydrogen-bond donors (Lipinski definition) is 0. The normalized spacial score (nSPS) is 10.4. The Kier molecular flexibility index (Phi) is 4.39. The van der Waals surface area contributed by atoms with Crippen LogP contribution in [0, 0.1) is 10.1 Å². The summed E-state index contributed by atoms with van der Waals surface area (Å²) >= 11 is 5.52. The van der Waals surface area contributed by atoms with E-state index in [9.17, 15) is 10.1 Å². The standard InChI is InChI=1S/C8H12ClN3O2/c9-4-2-1-3-5-11-7-8(6-10-11)12(13)14/h6-7H,1-5H2. The SMILES string of the molecule is O=[N+]([O-])c1cnn(CCCCCCl)c1. The van der Waals surface area contributed by atoms with Crippen molar-refractivity contribution in [2.24, 2.45) is 0 Å². The fourth-order valence-corrected chi connectivity index (χ4v) is 1.30. The zero-order valence-electron chi connectivity index (χ0n) is 7.73. The van der Waals surface area contributed by atoms with Crippen molar-refractivity contribution in [3.05, 3.63) is 22.5 Å². The van der Waals surface area contributed by atoms with Crippen LogP contribution in [0.2, 0.25) is 0 Å². The zero-order chi connectivity index (χ0) is 10.4. The molecule has 0 fully saturated rings. The van der Waals surface area contributed by atoms with Gasteiger partial charge in [0.15, 0.2) is 0 Å². The van der Waals surface area contributed by atoms with Gasteiger partial charge in [-0.2, -0.15) is 5.10 Å². The molecule has 0 unspecified atom stereocenters. The number of alkyl halides is 1. The van der Waals surface area contributed by atoms with Crippen LogP contribution in [0.25, 0.3) is 0 Å². The van der Waals surface area contributed by atoms with E-state index in [1.165, 1.54) is 12.4 Å². The Labute approximate surface area is 86.8 Å². The van der Waals surface area contributed by atoms with E-state index in [0.29, 0.717) is 12.4 Å². The topological polar surface area (TPSA) is 61.0 Å². The number of rotatable bonds is 6. The molecule has 5 nitrogen and oxygen atoms in total. The molecule has 0 saturated carbocycles. The molecule has 0 aliphatic rings. The highest BCUT2D eigenvalue weighted by Gasteiger charge is 2.07. The van der Waals surface area contributed by atoms with Gasteiger partial charge in [-0.15, -0.1) is 11.6 Å². The molecule has 0 N–H and O–H groups in total. The van der Waals surface area contributed by atoms with E-state index in [4.69, 9.17) is 11.6 Å². The molecule has 0 radical (unpaired) electrons. The predicted octanol–water partition coefficient (Wildman–Crippen LogP) is 2.20. The highest BCUT2D eigenvalue weighted by Crippen LogP contribution is 2.08. The van der Waals surface area contributed by atoms with Gasteiger partial charge in [0.1, 0.15) is 12.4 Å². The number of halogens is 1. The maximum atomic E-state index is 10.3. The fraction of sp³-hybridized carbons (Fsp3) is 0.625. The Morgan fingerprint density at radius 1 is 1.50 bits per heavy atom. The molecule has 1 aromatic rings. The quantitative estimate of drug-likeness (QED) is 0.318. The average molecular weight is 218 g/mol. The van der Waals surface area contributed by atoms with Crippen molar-refractivity contribution in [2.45, 2.75) is 25.8 Å². The molecule has 0 spiro atoms. The van der Waals surface area contributed by atoms with Gasteiger partial charge in [-0.3, -0.25) is 14.8 Å². The summed E-state index contributed by atoms with van der Waals surface area (Å²) in [6.07, 6.45) is 5.66. The zero-order valence-corrected chi connectivity index (χ0v) is 8.48. The van der Waals surface area contributed by atoms with Gasteiger partial charge in [-0.25, -0.2) is 0 Å². The lowest BCUT2D eigenvalue weighted by Gasteiger charge is -1.98. The molecule has 78 valence electrons. The second-order valence-electron chi connectivity index (χ2n) is 2.97. The van der Waals surface area contributed by atoms with Crippen LogP contribution < -0.4 is 0 Å². The van der Waals surface area contributed by atoms with Gasteiger partial charge in [0, 0.05) is 12.4 Å². The smallest absolute Gasteiger partial charge is 0.266 e. The van der Waals surface area contributed by atoms with Crippen LogP contribution in [-0.2, 0) is 6.54 Å². The van der Waals surface area contributed by atoms with Crippen LogP contribution in [0.15, 0.2) is 12.4 Å². The van der Waals surface area contributed by atoms with E-state index in [-0.39, 0.29) is 5.69 Å². The number of aromatic nitrogens is 2. The third-order valence-electron chi connectivity index (χ3n) is 1.85. The minimum absolute atomic E-state index is 0.0438. The van der Waals surface area contributed by atoms with Crippen LogP contribution in [0.1, 0.15) is 19.3 Å². The lowest BCUT2D eigenvalue weighted by Crippen LogP contribution is -1.98. The van der Waals surface area contributed by atoms with Crippen LogP contribution in [0.3, 0.4) is 0 Å². The minimum atomic E-state index is -0.442. The first kappa shape index (κ1) is 11.0. The van der Waals surface area contributed by atoms with Crippen LogP contribution in [-0.4, -0.2) is 20.6 Å². The van der Waals surface area contributed by atoms with Crippen molar-refractivity contribution in [3.63, 3.8) is 0 Å². The lowest BCUT2D eigenvalue weighted by molar-refractivity contribution is -0.385. The summed E-state index contributed by atoms with van der Waals surface area (Å²) in [5.41, 5.74) is 0.0438. The van der Waals surface area contributed by atoms with Gasteiger partial charge in [0.25, 0.3) is 0 Å². The van der Waals surface area contributed by atoms with Crippen molar-refractivity contribution in [1.29, 1.82) is 0 Å². The fourth-order valence-electron chi connectivity index (χ4n) is 1.11. The molecule has 0 bridgehead atoms. The summed E-state index contributed by atoms with van der Waals surface area (Å²) < 4.78 is 1.59. The molecular formula is C8H12ClN3O2. The van der Waals surface area contributed by atoms with E-state index in [1.54, 1.807) is 4.68 Å². The molecule has 0 saturated heterocycles. The second kappa shape index (κ2) is 5.59. The van der Waals surface area contributed by atoms with Gasteiger partial charge in [0.05, 0.1) is 4.92 Å². The van der Waals surface area contributed by atoms with E-state index >= 15 is 0 Å². The van der Waals surface area contributed by atoms with E-state index in [2.05, 4.69) is 5.10 Å². The van der Waals surface area contributed by atoms with E-state index < -0.39 is 4.92 Å². The number of nitrogens with zero attached hydrogens (tertiary/aromatic N) is 3. The van der Waals surface area contributed by atoms with E-state index in [0.717, 1.165) is 19.3 Å². The number of aryl methyl sites for hydroxylation is 1. The maximum absolute atomic E-state index is 10.3. The van der Waals surface area contributed by atoms with E-state index in [1.807, 2.05) is 0 Å². The molecule has 0 aliphatic heterocycles. The Morgan fingerprint density at radius 3 is 2.86 bits per heavy atom. The first-order chi connectivity index (χ1) is 6.74. The largest absolute Gasteiger partial charge is 0.306 e. The molecule has 1 aromatic heterocycles. The Balaban J connectivity index is 2.33. The highest BCUT2D eigenvalue weighted by molar-refractivity contribution is 6.17. The molecule has 1 rings (SSSR count). The maximum Gasteiger partial charge on any atom is 0.306 e. The molecule has 0 atom stereocenters. The third kappa shape index (κ3) is 3.33. The van der Waals surface area contributed by atoms with Crippen molar-refractivity contribution in [1.82, 2.24) is 9.78 Å². The van der Waals surface area contributed by atoms with Crippen molar-refractivity contribution in [2.75, 3.05) is 5.88 Å². The number of nitro groups is 1. The molecule has 1 heterocycles. The van der Waals surface area contributed by atoms with Crippen LogP contribution in [0.4, 0.5) is 5.69 Å². The van der Waals surface area contributed by atoms with Crippen molar-refractivity contribution in [3.8, 4) is 0 Å². The average Bonchev–Trinajstić information content (AvgIpc) is 2.61. The molecule has 0 aromatic carbocycles. The molecule has 14 heavy (non-hydrogen) atoms. The second-order valence-corrected chi connectivity index (χ2v) is 3.35. The molecule has 0 amide bonds. The highest BCUT2D eigenvalue weighted by atomic mass is 35.5. The summed E-state index contributed by atoms with van der Waals surface area (Å²) in [6.45, 7) is 0.713. The third-order valence-corrected chi connectivity index (χ3v) is 2.12. The summed E-state index contributed by atoms with van der Waals surface area (Å²) in [5, 5.41) is 14.2. The van der Waals surface area contributed by atoms with Gasteiger partial charge < -0.3 is 0 Å². The molecule has 0 aliphatic carbocycles. The number of unbranched alkanes of at least 4 members (excludes halogenated alkanes) is 2. The summed E-state index contributed by atoms with van der Waals surface area (Å²) in [7, 11) is 0. The van der Waals surface area contributed by atoms with Gasteiger partial charge >= 0.3 is 5.69 Å². The first-order valence-electron chi connectivity index (χ1n) is 4.47. The summed E-state index contributed by atoms with van der Waals surface area (Å²) in [6, 6.07) is 0. The minimum Gasteiger partial charge on any atom is -0.266 e. The monoisotopic (exact) mass is 217 g/mol. The molecule has 6 heteroatoms. The first-order valence-corrected chi connectivity index (χ1v) is 5.00. The Bertz CT molecular complexity index is 301. The Hall–Kier alpha value is -1.10. The van der Waals surface area contributed by atoms with Crippen LogP contribution >= 0.6 is 11.6 Å². The van der Waals surface area contributed by atoms with Gasteiger partial charge in [-0.1, -0.05) is 6.42 Å². The molecular weight excluding hydrogens is 206 g/mol. The van der Waals surface area contributed by atoms with Crippen LogP contribution in [0.5, 0.6) is 0 Å². The van der Waals surface area contributed by atoms with Gasteiger partial charge in [0.2, 0.25) is 0 Å². The Morgan fingerprint density at radius 2 is 2.29 bits per heavy atom. The van der Waals surface area contributed by atoms with Gasteiger partial charge in [-0.05, 0) is 12.8 Å².